The Morgan fingerprint density at radius 3 is 2.07 bits per heavy atom. The first-order chi connectivity index (χ1) is 14.0. The number of ether oxygens (including phenoxy) is 1. The first kappa shape index (κ1) is 22.8. The molecule has 0 heterocycles. The number of benzene rings is 1. The van der Waals surface area contributed by atoms with Crippen LogP contribution in [0, 0.1) is 23.7 Å². The molecule has 0 unspecified atom stereocenters. The molecule has 0 aliphatic heterocycles. The summed E-state index contributed by atoms with van der Waals surface area (Å²) in [6, 6.07) is 5.11. The summed E-state index contributed by atoms with van der Waals surface area (Å²) in [5, 5.41) is 0.439. The van der Waals surface area contributed by atoms with Crippen molar-refractivity contribution in [2.45, 2.75) is 97.0 Å². The molecule has 2 fully saturated rings. The van der Waals surface area contributed by atoms with Crippen LogP contribution in [0.4, 0.5) is 8.78 Å². The van der Waals surface area contributed by atoms with Gasteiger partial charge in [0, 0.05) is 5.02 Å². The molecule has 0 atom stereocenters. The van der Waals surface area contributed by atoms with E-state index in [1.165, 1.54) is 76.7 Å². The Morgan fingerprint density at radius 1 is 0.931 bits per heavy atom. The largest absolute Gasteiger partial charge is 0.434 e. The van der Waals surface area contributed by atoms with Crippen LogP contribution in [0.25, 0.3) is 0 Å². The summed E-state index contributed by atoms with van der Waals surface area (Å²) in [5.74, 6) is 3.82. The van der Waals surface area contributed by atoms with Crippen molar-refractivity contribution < 1.29 is 13.5 Å². The first-order valence-electron chi connectivity index (χ1n) is 11.8. The van der Waals surface area contributed by atoms with Crippen LogP contribution in [-0.2, 0) is 6.42 Å². The third-order valence-corrected chi connectivity index (χ3v) is 7.72. The van der Waals surface area contributed by atoms with Crippen LogP contribution in [0.3, 0.4) is 0 Å². The van der Waals surface area contributed by atoms with E-state index in [0.29, 0.717) is 10.9 Å². The topological polar surface area (TPSA) is 9.23 Å². The summed E-state index contributed by atoms with van der Waals surface area (Å²) in [6.07, 6.45) is 17.1. The second kappa shape index (κ2) is 11.5. The fourth-order valence-corrected chi connectivity index (χ4v) is 5.85. The molecule has 4 heteroatoms. The van der Waals surface area contributed by atoms with Gasteiger partial charge in [-0.05, 0) is 79.9 Å². The average molecular weight is 427 g/mol. The van der Waals surface area contributed by atoms with Crippen molar-refractivity contribution in [2.24, 2.45) is 23.7 Å². The lowest BCUT2D eigenvalue weighted by atomic mass is 9.68. The van der Waals surface area contributed by atoms with Gasteiger partial charge in [-0.2, -0.15) is 8.78 Å². The van der Waals surface area contributed by atoms with E-state index in [1.807, 2.05) is 6.07 Å². The molecule has 0 saturated heterocycles. The summed E-state index contributed by atoms with van der Waals surface area (Å²) >= 11 is 5.95. The minimum Gasteiger partial charge on any atom is -0.434 e. The maximum absolute atomic E-state index is 12.7. The van der Waals surface area contributed by atoms with Crippen molar-refractivity contribution >= 4 is 11.6 Å². The van der Waals surface area contributed by atoms with Gasteiger partial charge in [-0.15, -0.1) is 0 Å². The molecule has 2 saturated carbocycles. The van der Waals surface area contributed by atoms with Crippen LogP contribution in [0.5, 0.6) is 5.75 Å². The van der Waals surface area contributed by atoms with Crippen molar-refractivity contribution in [3.8, 4) is 5.75 Å². The zero-order valence-electron chi connectivity index (χ0n) is 17.9. The monoisotopic (exact) mass is 426 g/mol. The van der Waals surface area contributed by atoms with E-state index >= 15 is 0 Å². The number of unbranched alkanes of at least 4 members (excludes halogenated alkanes) is 1. The van der Waals surface area contributed by atoms with E-state index in [4.69, 9.17) is 11.6 Å². The third-order valence-electron chi connectivity index (χ3n) is 7.48. The molecule has 164 valence electrons. The van der Waals surface area contributed by atoms with Crippen LogP contribution < -0.4 is 4.74 Å². The van der Waals surface area contributed by atoms with Gasteiger partial charge < -0.3 is 4.74 Å². The number of aryl methyl sites for hydroxylation is 1. The molecule has 2 aliphatic rings. The Hall–Kier alpha value is -0.830. The van der Waals surface area contributed by atoms with E-state index in [9.17, 15) is 8.78 Å². The summed E-state index contributed by atoms with van der Waals surface area (Å²) in [4.78, 5) is 0. The van der Waals surface area contributed by atoms with E-state index in [-0.39, 0.29) is 5.75 Å². The van der Waals surface area contributed by atoms with Gasteiger partial charge in [0.25, 0.3) is 0 Å². The molecule has 0 radical (unpaired) electrons. The number of alkyl halides is 2. The predicted octanol–water partition coefficient (Wildman–Crippen LogP) is 8.68. The van der Waals surface area contributed by atoms with Gasteiger partial charge in [-0.3, -0.25) is 0 Å². The maximum atomic E-state index is 12.7. The molecule has 1 aromatic rings. The molecular formula is C25H37ClF2O. The van der Waals surface area contributed by atoms with Crippen molar-refractivity contribution in [2.75, 3.05) is 0 Å². The van der Waals surface area contributed by atoms with Gasteiger partial charge >= 0.3 is 6.61 Å². The van der Waals surface area contributed by atoms with Gasteiger partial charge in [0.15, 0.2) is 0 Å². The number of hydrogen-bond donors (Lipinski definition) is 0. The Balaban J connectivity index is 1.41. The highest BCUT2D eigenvalue weighted by atomic mass is 35.5. The highest BCUT2D eigenvalue weighted by Crippen LogP contribution is 2.43. The van der Waals surface area contributed by atoms with Gasteiger partial charge in [0.1, 0.15) is 5.75 Å². The third kappa shape index (κ3) is 7.12. The van der Waals surface area contributed by atoms with Crippen molar-refractivity contribution in [1.82, 2.24) is 0 Å². The standard InChI is InChI=1S/C25H37ClF2O/c1-2-3-4-18-5-10-20(11-6-18)21-12-7-19(8-13-21)9-14-22-15-16-23(26)17-24(22)29-25(27)28/h15-21,25H,2-14H2,1H3. The summed E-state index contributed by atoms with van der Waals surface area (Å²) in [5.41, 5.74) is 0.849. The van der Waals surface area contributed by atoms with E-state index in [2.05, 4.69) is 11.7 Å². The predicted molar refractivity (Wildman–Crippen MR) is 117 cm³/mol. The molecule has 1 aromatic carbocycles. The van der Waals surface area contributed by atoms with Crippen LogP contribution in [0.2, 0.25) is 5.02 Å². The van der Waals surface area contributed by atoms with Gasteiger partial charge in [0.05, 0.1) is 0 Å². The zero-order chi connectivity index (χ0) is 20.6. The lowest BCUT2D eigenvalue weighted by Gasteiger charge is -2.38. The lowest BCUT2D eigenvalue weighted by molar-refractivity contribution is -0.0504. The van der Waals surface area contributed by atoms with Crippen LogP contribution >= 0.6 is 11.6 Å². The van der Waals surface area contributed by atoms with Crippen molar-refractivity contribution in [3.05, 3.63) is 28.8 Å². The van der Waals surface area contributed by atoms with Crippen LogP contribution in [0.15, 0.2) is 18.2 Å². The Bertz CT molecular complexity index is 605. The van der Waals surface area contributed by atoms with Crippen LogP contribution in [0.1, 0.15) is 89.5 Å². The van der Waals surface area contributed by atoms with E-state index < -0.39 is 6.61 Å². The molecule has 1 nitrogen and oxygen atoms in total. The van der Waals surface area contributed by atoms with Gasteiger partial charge in [0.2, 0.25) is 0 Å². The molecule has 0 amide bonds. The maximum Gasteiger partial charge on any atom is 0.387 e. The quantitative estimate of drug-likeness (QED) is 0.383. The molecule has 0 aromatic heterocycles. The summed E-state index contributed by atoms with van der Waals surface area (Å²) in [6.45, 7) is -0.511. The Morgan fingerprint density at radius 2 is 1.52 bits per heavy atom. The smallest absolute Gasteiger partial charge is 0.387 e. The fourth-order valence-electron chi connectivity index (χ4n) is 5.69. The molecule has 0 spiro atoms. The highest BCUT2D eigenvalue weighted by molar-refractivity contribution is 6.30. The fraction of sp³-hybridized carbons (Fsp3) is 0.760. The van der Waals surface area contributed by atoms with Gasteiger partial charge in [-0.1, -0.05) is 69.5 Å². The Kier molecular flexibility index (Phi) is 9.08. The number of hydrogen-bond acceptors (Lipinski definition) is 1. The second-order valence-electron chi connectivity index (χ2n) is 9.37. The van der Waals surface area contributed by atoms with Gasteiger partial charge in [-0.25, -0.2) is 0 Å². The van der Waals surface area contributed by atoms with Crippen LogP contribution in [-0.4, -0.2) is 6.61 Å². The lowest BCUT2D eigenvalue weighted by Crippen LogP contribution is -2.26. The number of halogens is 3. The molecule has 0 N–H and O–H groups in total. The van der Waals surface area contributed by atoms with Crippen molar-refractivity contribution in [1.29, 1.82) is 0 Å². The SMILES string of the molecule is CCCCC1CCC(C2CCC(CCc3ccc(Cl)cc3OC(F)F)CC2)CC1. The van der Waals surface area contributed by atoms with Crippen molar-refractivity contribution in [3.63, 3.8) is 0 Å². The van der Waals surface area contributed by atoms with E-state index in [0.717, 1.165) is 36.2 Å². The zero-order valence-corrected chi connectivity index (χ0v) is 18.6. The number of rotatable bonds is 9. The molecule has 3 rings (SSSR count). The molecule has 29 heavy (non-hydrogen) atoms. The average Bonchev–Trinajstić information content (AvgIpc) is 2.72. The highest BCUT2D eigenvalue weighted by Gasteiger charge is 2.30. The molecule has 2 aliphatic carbocycles. The van der Waals surface area contributed by atoms with E-state index in [1.54, 1.807) is 6.07 Å². The summed E-state index contributed by atoms with van der Waals surface area (Å²) in [7, 11) is 0. The normalized spacial score (nSPS) is 27.9. The Labute approximate surface area is 180 Å². The second-order valence-corrected chi connectivity index (χ2v) is 9.81. The first-order valence-corrected chi connectivity index (χ1v) is 12.2. The minimum atomic E-state index is -2.81. The summed E-state index contributed by atoms with van der Waals surface area (Å²) < 4.78 is 30.0. The molecule has 0 bridgehead atoms. The molecular weight excluding hydrogens is 390 g/mol. The minimum absolute atomic E-state index is 0.237.